The fourth-order valence-electron chi connectivity index (χ4n) is 1.70. The highest BCUT2D eigenvalue weighted by molar-refractivity contribution is 14.1. The normalized spacial score (nSPS) is 11.4. The summed E-state index contributed by atoms with van der Waals surface area (Å²) in [4.78, 5) is 4.12. The van der Waals surface area contributed by atoms with E-state index in [0.29, 0.717) is 13.0 Å². The molecule has 0 saturated carbocycles. The van der Waals surface area contributed by atoms with Gasteiger partial charge in [0.25, 0.3) is 0 Å². The summed E-state index contributed by atoms with van der Waals surface area (Å²) in [6.45, 7) is 0.321. The summed E-state index contributed by atoms with van der Waals surface area (Å²) < 4.78 is 27.5. The highest BCUT2D eigenvalue weighted by atomic mass is 127. The molecule has 0 radical (unpaired) electrons. The van der Waals surface area contributed by atoms with E-state index < -0.39 is 10.0 Å². The summed E-state index contributed by atoms with van der Waals surface area (Å²) in [5.74, 6) is 0.0495. The van der Waals surface area contributed by atoms with Gasteiger partial charge in [-0.1, -0.05) is 18.2 Å². The van der Waals surface area contributed by atoms with Crippen LogP contribution < -0.4 is 4.72 Å². The minimum Gasteiger partial charge on any atom is -0.261 e. The minimum absolute atomic E-state index is 0.0495. The van der Waals surface area contributed by atoms with Gasteiger partial charge in [-0.25, -0.2) is 13.1 Å². The molecule has 0 aliphatic carbocycles. The predicted octanol–water partition coefficient (Wildman–Crippen LogP) is 2.35. The molecule has 0 unspecified atom stereocenters. The van der Waals surface area contributed by atoms with E-state index >= 15 is 0 Å². The second-order valence-electron chi connectivity index (χ2n) is 4.34. The number of hydrogen-bond donors (Lipinski definition) is 1. The zero-order valence-electron chi connectivity index (χ0n) is 10.8. The number of rotatable bonds is 6. The monoisotopic (exact) mass is 402 g/mol. The lowest BCUT2D eigenvalue weighted by Crippen LogP contribution is -2.27. The molecule has 0 bridgehead atoms. The molecular weight excluding hydrogens is 387 g/mol. The number of sulfonamides is 1. The van der Waals surface area contributed by atoms with Crippen molar-refractivity contribution in [1.29, 1.82) is 0 Å². The summed E-state index contributed by atoms with van der Waals surface area (Å²) in [7, 11) is -3.28. The molecule has 2 rings (SSSR count). The first-order chi connectivity index (χ1) is 9.55. The highest BCUT2D eigenvalue weighted by Crippen LogP contribution is 2.08. The summed E-state index contributed by atoms with van der Waals surface area (Å²) >= 11 is 2.20. The van der Waals surface area contributed by atoms with Crippen LogP contribution in [0.1, 0.15) is 11.3 Å². The SMILES string of the molecule is O=S(=O)(CCc1ccccn1)NCc1cccc(I)c1. The van der Waals surface area contributed by atoms with Gasteiger partial charge >= 0.3 is 0 Å². The fourth-order valence-corrected chi connectivity index (χ4v) is 3.31. The topological polar surface area (TPSA) is 59.1 Å². The van der Waals surface area contributed by atoms with E-state index in [4.69, 9.17) is 0 Å². The molecule has 0 atom stereocenters. The average molecular weight is 402 g/mol. The Bertz CT molecular complexity index is 660. The standard InChI is InChI=1S/C14H15IN2O2S/c15-13-5-3-4-12(10-13)11-17-20(18,19)9-7-14-6-1-2-8-16-14/h1-6,8,10,17H,7,9,11H2. The van der Waals surface area contributed by atoms with Crippen molar-refractivity contribution in [3.05, 3.63) is 63.5 Å². The van der Waals surface area contributed by atoms with Crippen molar-refractivity contribution < 1.29 is 8.42 Å². The van der Waals surface area contributed by atoms with Crippen LogP contribution in [0, 0.1) is 3.57 Å². The number of aromatic nitrogens is 1. The molecule has 6 heteroatoms. The number of nitrogens with one attached hydrogen (secondary N) is 1. The van der Waals surface area contributed by atoms with E-state index in [9.17, 15) is 8.42 Å². The molecule has 1 heterocycles. The quantitative estimate of drug-likeness (QED) is 0.755. The van der Waals surface area contributed by atoms with E-state index in [2.05, 4.69) is 32.3 Å². The third kappa shape index (κ3) is 5.18. The number of aryl methyl sites for hydroxylation is 1. The smallest absolute Gasteiger partial charge is 0.212 e. The Morgan fingerprint density at radius 1 is 1.15 bits per heavy atom. The molecule has 2 aromatic rings. The van der Waals surface area contributed by atoms with Crippen LogP contribution in [0.3, 0.4) is 0 Å². The number of nitrogens with zero attached hydrogens (tertiary/aromatic N) is 1. The van der Waals surface area contributed by atoms with Gasteiger partial charge in [0, 0.05) is 28.4 Å². The van der Waals surface area contributed by atoms with Gasteiger partial charge in [-0.2, -0.15) is 0 Å². The number of hydrogen-bond acceptors (Lipinski definition) is 3. The number of benzene rings is 1. The van der Waals surface area contributed by atoms with Gasteiger partial charge < -0.3 is 0 Å². The zero-order valence-corrected chi connectivity index (χ0v) is 13.8. The Kier molecular flexibility index (Phi) is 5.50. The third-order valence-electron chi connectivity index (χ3n) is 2.74. The molecule has 0 amide bonds. The van der Waals surface area contributed by atoms with Gasteiger partial charge in [0.1, 0.15) is 0 Å². The van der Waals surface area contributed by atoms with Crippen molar-refractivity contribution in [3.8, 4) is 0 Å². The van der Waals surface area contributed by atoms with Crippen molar-refractivity contribution in [2.75, 3.05) is 5.75 Å². The Hall–Kier alpha value is -0.990. The Labute approximate surface area is 132 Å². The molecular formula is C14H15IN2O2S. The van der Waals surface area contributed by atoms with Crippen LogP contribution in [0.5, 0.6) is 0 Å². The number of halogens is 1. The molecule has 4 nitrogen and oxygen atoms in total. The first kappa shape index (κ1) is 15.4. The van der Waals surface area contributed by atoms with E-state index in [0.717, 1.165) is 14.8 Å². The summed E-state index contributed by atoms with van der Waals surface area (Å²) in [5.41, 5.74) is 1.74. The van der Waals surface area contributed by atoms with Crippen LogP contribution in [0.4, 0.5) is 0 Å². The van der Waals surface area contributed by atoms with Gasteiger partial charge in [-0.05, 0) is 52.4 Å². The van der Waals surface area contributed by atoms with Crippen LogP contribution in [0.2, 0.25) is 0 Å². The van der Waals surface area contributed by atoms with Gasteiger partial charge in [0.05, 0.1) is 5.75 Å². The number of pyridine rings is 1. The second-order valence-corrected chi connectivity index (χ2v) is 7.51. The summed E-state index contributed by atoms with van der Waals surface area (Å²) in [6.07, 6.45) is 2.09. The van der Waals surface area contributed by atoms with Crippen molar-refractivity contribution in [2.24, 2.45) is 0 Å². The fraction of sp³-hybridized carbons (Fsp3) is 0.214. The van der Waals surface area contributed by atoms with Gasteiger partial charge in [-0.3, -0.25) is 4.98 Å². The molecule has 0 aliphatic rings. The minimum atomic E-state index is -3.28. The van der Waals surface area contributed by atoms with E-state index in [1.165, 1.54) is 0 Å². The van der Waals surface area contributed by atoms with Crippen molar-refractivity contribution in [1.82, 2.24) is 9.71 Å². The van der Waals surface area contributed by atoms with Crippen molar-refractivity contribution >= 4 is 32.6 Å². The molecule has 0 aliphatic heterocycles. The Balaban J connectivity index is 1.88. The van der Waals surface area contributed by atoms with Gasteiger partial charge in [0.15, 0.2) is 0 Å². The molecule has 1 aromatic heterocycles. The van der Waals surface area contributed by atoms with Crippen LogP contribution >= 0.6 is 22.6 Å². The van der Waals surface area contributed by atoms with E-state index in [1.54, 1.807) is 6.20 Å². The molecule has 0 fully saturated rings. The second kappa shape index (κ2) is 7.14. The lowest BCUT2D eigenvalue weighted by Gasteiger charge is -2.07. The average Bonchev–Trinajstić information content (AvgIpc) is 2.45. The first-order valence-electron chi connectivity index (χ1n) is 6.17. The predicted molar refractivity (Wildman–Crippen MR) is 87.7 cm³/mol. The Morgan fingerprint density at radius 2 is 2.00 bits per heavy atom. The maximum atomic E-state index is 11.9. The maximum Gasteiger partial charge on any atom is 0.212 e. The lowest BCUT2D eigenvalue weighted by atomic mass is 10.2. The first-order valence-corrected chi connectivity index (χ1v) is 8.90. The van der Waals surface area contributed by atoms with Gasteiger partial charge in [-0.15, -0.1) is 0 Å². The highest BCUT2D eigenvalue weighted by Gasteiger charge is 2.10. The van der Waals surface area contributed by atoms with Crippen LogP contribution in [0.25, 0.3) is 0 Å². The van der Waals surface area contributed by atoms with E-state index in [1.807, 2.05) is 42.5 Å². The van der Waals surface area contributed by atoms with E-state index in [-0.39, 0.29) is 5.75 Å². The summed E-state index contributed by atoms with van der Waals surface area (Å²) in [6, 6.07) is 13.3. The molecule has 20 heavy (non-hydrogen) atoms. The largest absolute Gasteiger partial charge is 0.261 e. The molecule has 0 saturated heterocycles. The summed E-state index contributed by atoms with van der Waals surface area (Å²) in [5, 5.41) is 0. The van der Waals surface area contributed by atoms with Crippen LogP contribution in [-0.4, -0.2) is 19.2 Å². The third-order valence-corrected chi connectivity index (χ3v) is 4.74. The Morgan fingerprint density at radius 3 is 2.70 bits per heavy atom. The lowest BCUT2D eigenvalue weighted by molar-refractivity contribution is 0.580. The van der Waals surface area contributed by atoms with Crippen molar-refractivity contribution in [3.63, 3.8) is 0 Å². The zero-order chi connectivity index (χ0) is 14.4. The maximum absolute atomic E-state index is 11.9. The van der Waals surface area contributed by atoms with Gasteiger partial charge in [0.2, 0.25) is 10.0 Å². The molecule has 106 valence electrons. The van der Waals surface area contributed by atoms with Crippen LogP contribution in [-0.2, 0) is 23.0 Å². The molecule has 1 N–H and O–H groups in total. The van der Waals surface area contributed by atoms with Crippen molar-refractivity contribution in [2.45, 2.75) is 13.0 Å². The van der Waals surface area contributed by atoms with Crippen LogP contribution in [0.15, 0.2) is 48.7 Å². The molecule has 1 aromatic carbocycles. The molecule has 0 spiro atoms.